The summed E-state index contributed by atoms with van der Waals surface area (Å²) in [4.78, 5) is 12.0. The van der Waals surface area contributed by atoms with Crippen LogP contribution in [0.5, 0.6) is 0 Å². The van der Waals surface area contributed by atoms with Gasteiger partial charge >= 0.3 is 0 Å². The number of unbranched alkanes of at least 4 members (excludes halogenated alkanes) is 5. The molecule has 0 aliphatic carbocycles. The molecule has 0 radical (unpaired) electrons. The van der Waals surface area contributed by atoms with Crippen molar-refractivity contribution < 1.29 is 4.52 Å². The van der Waals surface area contributed by atoms with Crippen molar-refractivity contribution in [2.75, 3.05) is 13.1 Å². The topological polar surface area (TPSA) is 54.5 Å². The monoisotopic (exact) mass is 506 g/mol. The highest BCUT2D eigenvalue weighted by Crippen LogP contribution is 2.43. The molecule has 0 amide bonds. The van der Waals surface area contributed by atoms with Crippen LogP contribution in [-0.2, 0) is 12.0 Å². The molecule has 1 atom stereocenters. The van der Waals surface area contributed by atoms with Crippen LogP contribution in [0, 0.1) is 0 Å². The molecule has 3 aromatic carbocycles. The Bertz CT molecular complexity index is 1170. The molecule has 0 fully saturated rings. The van der Waals surface area contributed by atoms with Crippen molar-refractivity contribution in [2.45, 2.75) is 63.3 Å². The number of aryl methyl sites for hydroxylation is 1. The van der Waals surface area contributed by atoms with Crippen molar-refractivity contribution in [2.24, 2.45) is 4.99 Å². The molecule has 38 heavy (non-hydrogen) atoms. The molecular weight excluding hydrogens is 468 g/mol. The molecule has 0 saturated carbocycles. The van der Waals surface area contributed by atoms with Gasteiger partial charge in [-0.1, -0.05) is 135 Å². The van der Waals surface area contributed by atoms with Crippen molar-refractivity contribution in [1.82, 2.24) is 15.0 Å². The molecule has 1 aliphatic heterocycles. The SMILES string of the molecule is CCCCCCCCc1noc(C2CN=CN(C(c3ccccc3)(c3ccccc3)c3ccccc3)C2)n1. The van der Waals surface area contributed by atoms with Gasteiger partial charge in [0, 0.05) is 13.0 Å². The summed E-state index contributed by atoms with van der Waals surface area (Å²) in [7, 11) is 0. The second-order valence-corrected chi connectivity index (χ2v) is 10.2. The fraction of sp³-hybridized carbons (Fsp3) is 0.364. The zero-order valence-electron chi connectivity index (χ0n) is 22.4. The van der Waals surface area contributed by atoms with Crippen LogP contribution in [0.1, 0.15) is 79.8 Å². The van der Waals surface area contributed by atoms with Crippen LogP contribution in [0.3, 0.4) is 0 Å². The Labute approximate surface area is 226 Å². The van der Waals surface area contributed by atoms with Gasteiger partial charge in [-0.05, 0) is 23.1 Å². The van der Waals surface area contributed by atoms with E-state index in [0.717, 1.165) is 25.2 Å². The first-order valence-electron chi connectivity index (χ1n) is 14.1. The largest absolute Gasteiger partial charge is 0.344 e. The van der Waals surface area contributed by atoms with Gasteiger partial charge in [0.25, 0.3) is 0 Å². The molecule has 5 rings (SSSR count). The highest BCUT2D eigenvalue weighted by atomic mass is 16.5. The lowest BCUT2D eigenvalue weighted by Gasteiger charge is -2.46. The van der Waals surface area contributed by atoms with Gasteiger partial charge in [-0.15, -0.1) is 0 Å². The molecule has 0 bridgehead atoms. The van der Waals surface area contributed by atoms with Crippen LogP contribution >= 0.6 is 0 Å². The van der Waals surface area contributed by atoms with Crippen molar-refractivity contribution in [3.05, 3.63) is 119 Å². The van der Waals surface area contributed by atoms with Gasteiger partial charge in [0.15, 0.2) is 5.82 Å². The molecule has 0 saturated heterocycles. The van der Waals surface area contributed by atoms with Gasteiger partial charge < -0.3 is 9.42 Å². The van der Waals surface area contributed by atoms with E-state index in [1.165, 1.54) is 48.8 Å². The maximum absolute atomic E-state index is 5.82. The van der Waals surface area contributed by atoms with Crippen molar-refractivity contribution in [3.63, 3.8) is 0 Å². The molecule has 0 spiro atoms. The fourth-order valence-electron chi connectivity index (χ4n) is 5.63. The van der Waals surface area contributed by atoms with Gasteiger partial charge in [0.05, 0.1) is 18.8 Å². The third-order valence-electron chi connectivity index (χ3n) is 7.56. The van der Waals surface area contributed by atoms with Gasteiger partial charge in [0.1, 0.15) is 5.54 Å². The number of hydrogen-bond acceptors (Lipinski definition) is 5. The molecule has 0 N–H and O–H groups in total. The minimum atomic E-state index is -0.548. The summed E-state index contributed by atoms with van der Waals surface area (Å²) in [5.74, 6) is 1.54. The molecule has 1 aromatic heterocycles. The molecule has 1 unspecified atom stereocenters. The fourth-order valence-corrected chi connectivity index (χ4v) is 5.63. The summed E-state index contributed by atoms with van der Waals surface area (Å²) < 4.78 is 5.82. The number of aromatic nitrogens is 2. The van der Waals surface area contributed by atoms with Crippen LogP contribution in [0.2, 0.25) is 0 Å². The molecule has 196 valence electrons. The van der Waals surface area contributed by atoms with E-state index in [1.54, 1.807) is 0 Å². The van der Waals surface area contributed by atoms with Gasteiger partial charge in [0.2, 0.25) is 5.89 Å². The second kappa shape index (κ2) is 12.7. The Morgan fingerprint density at radius 1 is 0.763 bits per heavy atom. The van der Waals surface area contributed by atoms with Crippen LogP contribution in [0.4, 0.5) is 0 Å². The predicted molar refractivity (Wildman–Crippen MR) is 153 cm³/mol. The van der Waals surface area contributed by atoms with E-state index in [2.05, 4.69) is 108 Å². The van der Waals surface area contributed by atoms with Crippen molar-refractivity contribution in [3.8, 4) is 0 Å². The smallest absolute Gasteiger partial charge is 0.233 e. The van der Waals surface area contributed by atoms with E-state index in [0.29, 0.717) is 12.4 Å². The molecule has 1 aliphatic rings. The number of hydrogen-bond donors (Lipinski definition) is 0. The maximum atomic E-state index is 5.82. The van der Waals surface area contributed by atoms with E-state index in [1.807, 2.05) is 6.34 Å². The molecule has 2 heterocycles. The maximum Gasteiger partial charge on any atom is 0.233 e. The zero-order valence-corrected chi connectivity index (χ0v) is 22.4. The van der Waals surface area contributed by atoms with E-state index in [9.17, 15) is 0 Å². The molecule has 5 nitrogen and oxygen atoms in total. The highest BCUT2D eigenvalue weighted by Gasteiger charge is 2.43. The molecular formula is C33H38N4O. The molecule has 4 aromatic rings. The summed E-state index contributed by atoms with van der Waals surface area (Å²) in [6.45, 7) is 3.62. The lowest BCUT2D eigenvalue weighted by atomic mass is 9.75. The molecule has 5 heteroatoms. The lowest BCUT2D eigenvalue weighted by Crippen LogP contribution is -2.50. The number of nitrogens with zero attached hydrogens (tertiary/aromatic N) is 4. The average Bonchev–Trinajstić information content (AvgIpc) is 3.46. The summed E-state index contributed by atoms with van der Waals surface area (Å²) in [5, 5.41) is 4.33. The van der Waals surface area contributed by atoms with Gasteiger partial charge in [-0.3, -0.25) is 4.99 Å². The van der Waals surface area contributed by atoms with Gasteiger partial charge in [-0.25, -0.2) is 0 Å². The first-order valence-corrected chi connectivity index (χ1v) is 14.1. The minimum Gasteiger partial charge on any atom is -0.344 e. The lowest BCUT2D eigenvalue weighted by molar-refractivity contribution is 0.228. The second-order valence-electron chi connectivity index (χ2n) is 10.2. The summed E-state index contributed by atoms with van der Waals surface area (Å²) >= 11 is 0. The Kier molecular flexibility index (Phi) is 8.64. The number of aliphatic imine (C=N–C) groups is 1. The quantitative estimate of drug-likeness (QED) is 0.148. The Morgan fingerprint density at radius 2 is 1.32 bits per heavy atom. The van der Waals surface area contributed by atoms with Crippen LogP contribution in [0.25, 0.3) is 0 Å². The third kappa shape index (κ3) is 5.57. The summed E-state index contributed by atoms with van der Waals surface area (Å²) in [6.07, 6.45) is 10.4. The Balaban J connectivity index is 1.44. The Hall–Kier alpha value is -3.73. The van der Waals surface area contributed by atoms with E-state index in [4.69, 9.17) is 14.5 Å². The number of rotatable bonds is 12. The third-order valence-corrected chi connectivity index (χ3v) is 7.56. The summed E-state index contributed by atoms with van der Waals surface area (Å²) in [6, 6.07) is 32.2. The van der Waals surface area contributed by atoms with E-state index < -0.39 is 5.54 Å². The van der Waals surface area contributed by atoms with Gasteiger partial charge in [-0.2, -0.15) is 4.98 Å². The normalized spacial score (nSPS) is 15.6. The van der Waals surface area contributed by atoms with Crippen LogP contribution in [0.15, 0.2) is 101 Å². The first-order chi connectivity index (χ1) is 18.8. The van der Waals surface area contributed by atoms with E-state index >= 15 is 0 Å². The standard InChI is InChI=1S/C33H38N4O/c1-2-3-4-5-6-16-23-31-35-32(38-36-31)27-24-34-26-37(25-27)33(28-17-10-7-11-18-28,29-19-12-8-13-20-29)30-21-14-9-15-22-30/h7-15,17-22,26-27H,2-6,16,23-25H2,1H3. The predicted octanol–water partition coefficient (Wildman–Crippen LogP) is 7.39. The van der Waals surface area contributed by atoms with Crippen LogP contribution < -0.4 is 0 Å². The highest BCUT2D eigenvalue weighted by molar-refractivity contribution is 5.64. The zero-order chi connectivity index (χ0) is 26.0. The Morgan fingerprint density at radius 3 is 1.89 bits per heavy atom. The number of benzene rings is 3. The average molecular weight is 507 g/mol. The van der Waals surface area contributed by atoms with Crippen molar-refractivity contribution >= 4 is 6.34 Å². The first kappa shape index (κ1) is 25.9. The van der Waals surface area contributed by atoms with E-state index in [-0.39, 0.29) is 5.92 Å². The summed E-state index contributed by atoms with van der Waals surface area (Å²) in [5.41, 5.74) is 3.03. The van der Waals surface area contributed by atoms with Crippen molar-refractivity contribution in [1.29, 1.82) is 0 Å². The minimum absolute atomic E-state index is 0.0290. The van der Waals surface area contributed by atoms with Crippen LogP contribution in [-0.4, -0.2) is 34.5 Å².